The Morgan fingerprint density at radius 1 is 0.338 bits per heavy atom. The van der Waals surface area contributed by atoms with Crippen LogP contribution in [-0.4, -0.2) is 29.8 Å². The minimum atomic E-state index is -2.16. The van der Waals surface area contributed by atoms with Crippen LogP contribution in [0.15, 0.2) is 196 Å². The molecular weight excluding hydrogens is 857 g/mol. The van der Waals surface area contributed by atoms with Crippen LogP contribution >= 0.6 is 0 Å². The van der Waals surface area contributed by atoms with Gasteiger partial charge in [0.1, 0.15) is 0 Å². The van der Waals surface area contributed by atoms with Gasteiger partial charge in [-0.2, -0.15) is 0 Å². The second-order valence-corrected chi connectivity index (χ2v) is 22.9. The summed E-state index contributed by atoms with van der Waals surface area (Å²) in [7, 11) is -4.33. The van der Waals surface area contributed by atoms with Crippen molar-refractivity contribution in [3.63, 3.8) is 0 Å². The normalized spacial score (nSPS) is 10.1. The van der Waals surface area contributed by atoms with Gasteiger partial charge >= 0.3 is 0 Å². The lowest BCUT2D eigenvalue weighted by molar-refractivity contribution is 0.333. The molecule has 0 spiro atoms. The van der Waals surface area contributed by atoms with Gasteiger partial charge in [-0.25, -0.2) is 0 Å². The van der Waals surface area contributed by atoms with E-state index in [1.165, 1.54) is 10.4 Å². The number of hydrogen-bond acceptors (Lipinski definition) is 2. The maximum atomic E-state index is 6.32. The van der Waals surface area contributed by atoms with Crippen LogP contribution in [0.2, 0.25) is 24.2 Å². The summed E-state index contributed by atoms with van der Waals surface area (Å²) in [6.07, 6.45) is 18.4. The summed E-state index contributed by atoms with van der Waals surface area (Å²) in [4.78, 5) is 0. The molecule has 0 heterocycles. The molecule has 0 N–H and O–H groups in total. The minimum absolute atomic E-state index is 0.681. The van der Waals surface area contributed by atoms with Gasteiger partial charge in [0.2, 0.25) is 16.6 Å². The highest BCUT2D eigenvalue weighted by Gasteiger charge is 2.35. The average Bonchev–Trinajstić information content (AvgIpc) is 3.38. The molecule has 0 aliphatic rings. The summed E-state index contributed by atoms with van der Waals surface area (Å²) in [5, 5.41) is 2.48. The van der Waals surface area contributed by atoms with Gasteiger partial charge in [0.25, 0.3) is 0 Å². The van der Waals surface area contributed by atoms with E-state index in [0.717, 1.165) is 79.8 Å². The third-order valence-electron chi connectivity index (χ3n) is 10.8. The van der Waals surface area contributed by atoms with Gasteiger partial charge in [0, 0.05) is 68.8 Å². The van der Waals surface area contributed by atoms with Crippen molar-refractivity contribution in [3.05, 3.63) is 252 Å². The zero-order chi connectivity index (χ0) is 48.5. The van der Waals surface area contributed by atoms with Crippen LogP contribution in [0.1, 0.15) is 69.5 Å². The fourth-order valence-corrected chi connectivity index (χ4v) is 14.0. The van der Waals surface area contributed by atoms with Gasteiger partial charge in [0.15, 0.2) is 0 Å². The van der Waals surface area contributed by atoms with E-state index in [-0.39, 0.29) is 0 Å². The van der Waals surface area contributed by atoms with Gasteiger partial charge < -0.3 is 8.85 Å². The van der Waals surface area contributed by atoms with Gasteiger partial charge in [-0.05, 0) is 170 Å². The summed E-state index contributed by atoms with van der Waals surface area (Å²) >= 11 is 0. The molecular formula is C64H56O2Si2. The second-order valence-electron chi connectivity index (χ2n) is 15.6. The summed E-state index contributed by atoms with van der Waals surface area (Å²) in [5.41, 5.74) is 9.29. The van der Waals surface area contributed by atoms with Gasteiger partial charge in [-0.3, -0.25) is 0 Å². The molecule has 0 aliphatic carbocycles. The third-order valence-corrected chi connectivity index (χ3v) is 19.1. The Morgan fingerprint density at radius 2 is 0.515 bits per heavy atom. The van der Waals surface area contributed by atoms with Crippen LogP contribution in [0.3, 0.4) is 0 Å². The van der Waals surface area contributed by atoms with Gasteiger partial charge in [-0.15, -0.1) is 39.2 Å². The van der Waals surface area contributed by atoms with Crippen LogP contribution in [-0.2, 0) is 8.85 Å². The van der Waals surface area contributed by atoms with E-state index in [9.17, 15) is 0 Å². The zero-order valence-corrected chi connectivity index (χ0v) is 41.2. The molecule has 0 saturated carbocycles. The smallest absolute Gasteiger partial charge is 0.231 e. The van der Waals surface area contributed by atoms with Crippen LogP contribution < -0.4 is 10.4 Å². The standard InChI is InChI=1S/C46H46O2Si2.C18H10/c1-7-35-49(36-8-2,47-11-5)45-31-27-43(28-32-45)25-23-41-19-15-39(16-20-41)13-14-40-17-21-42(22-18-40)24-26-44-29-33-46(34-30-44)50(37-9-3,38-10-4)48-12-6;1-3-15-5-9-17(10-6-15)13-14-18-11-7-16(4-2)8-12-18/h7-10,15-22,27-34H,1-4,11-12,35-38H2,5-6H3;1-2,5-12H. The highest BCUT2D eigenvalue weighted by molar-refractivity contribution is 6.87. The van der Waals surface area contributed by atoms with Crippen molar-refractivity contribution >= 4 is 27.0 Å². The van der Waals surface area contributed by atoms with E-state index in [1.807, 2.05) is 135 Å². The van der Waals surface area contributed by atoms with Crippen molar-refractivity contribution in [2.24, 2.45) is 0 Å². The molecule has 0 aromatic heterocycles. The lowest BCUT2D eigenvalue weighted by Crippen LogP contribution is -2.50. The highest BCUT2D eigenvalue weighted by Crippen LogP contribution is 2.21. The van der Waals surface area contributed by atoms with Crippen molar-refractivity contribution in [2.75, 3.05) is 13.2 Å². The molecule has 332 valence electrons. The van der Waals surface area contributed by atoms with Crippen LogP contribution in [0.5, 0.6) is 0 Å². The fourth-order valence-electron chi connectivity index (χ4n) is 7.39. The number of allylic oxidation sites excluding steroid dienone is 4. The Kier molecular flexibility index (Phi) is 20.1. The first-order valence-electron chi connectivity index (χ1n) is 22.6. The highest BCUT2D eigenvalue weighted by atomic mass is 28.4. The number of rotatable bonds is 14. The molecule has 6 aromatic carbocycles. The first-order valence-corrected chi connectivity index (χ1v) is 27.2. The van der Waals surface area contributed by atoms with Crippen LogP contribution in [0.4, 0.5) is 0 Å². The lowest BCUT2D eigenvalue weighted by Gasteiger charge is -2.29. The minimum Gasteiger partial charge on any atom is -0.412 e. The van der Waals surface area contributed by atoms with Crippen molar-refractivity contribution < 1.29 is 8.85 Å². The SMILES string of the molecule is C#Cc1ccc(C#Cc2ccc(C#C)cc2)cc1.C=CC[Si](CC=C)(OCC)c1ccc(C#Cc2ccc(C#Cc3ccc(C#Cc4ccc([Si](CC=C)(CC=C)OCC)cc4)cc3)cc2)cc1. The molecule has 2 nitrogen and oxygen atoms in total. The van der Waals surface area contributed by atoms with E-state index >= 15 is 0 Å². The summed E-state index contributed by atoms with van der Waals surface area (Å²) in [6, 6.07) is 51.6. The second kappa shape index (κ2) is 26.8. The molecule has 4 heteroatoms. The Hall–Kier alpha value is -8.01. The van der Waals surface area contributed by atoms with E-state index in [4.69, 9.17) is 21.7 Å². The summed E-state index contributed by atoms with van der Waals surface area (Å²) in [6.45, 7) is 21.3. The van der Waals surface area contributed by atoms with E-state index in [1.54, 1.807) is 0 Å². The van der Waals surface area contributed by atoms with E-state index < -0.39 is 16.6 Å². The Balaban J connectivity index is 0.000000399. The van der Waals surface area contributed by atoms with Gasteiger partial charge in [0.05, 0.1) is 0 Å². The van der Waals surface area contributed by atoms with E-state index in [2.05, 4.69) is 134 Å². The van der Waals surface area contributed by atoms with Gasteiger partial charge in [-0.1, -0.05) is 108 Å². The summed E-state index contributed by atoms with van der Waals surface area (Å²) < 4.78 is 12.6. The quantitative estimate of drug-likeness (QED) is 0.0616. The molecule has 0 radical (unpaired) electrons. The lowest BCUT2D eigenvalue weighted by atomic mass is 10.1. The molecule has 6 aromatic rings. The number of hydrogen-bond donors (Lipinski definition) is 0. The maximum Gasteiger partial charge on any atom is 0.231 e. The number of benzene rings is 6. The maximum absolute atomic E-state index is 6.32. The van der Waals surface area contributed by atoms with Crippen molar-refractivity contribution in [1.29, 1.82) is 0 Å². The molecule has 0 atom stereocenters. The molecule has 0 amide bonds. The average molecular weight is 913 g/mol. The molecule has 6 rings (SSSR count). The predicted molar refractivity (Wildman–Crippen MR) is 292 cm³/mol. The number of terminal acetylenes is 2. The first kappa shape index (κ1) is 51.0. The molecule has 0 aliphatic heterocycles. The molecule has 0 bridgehead atoms. The monoisotopic (exact) mass is 912 g/mol. The van der Waals surface area contributed by atoms with Crippen molar-refractivity contribution in [3.8, 4) is 72.1 Å². The summed E-state index contributed by atoms with van der Waals surface area (Å²) in [5.74, 6) is 31.0. The molecule has 68 heavy (non-hydrogen) atoms. The molecule has 0 saturated heterocycles. The van der Waals surface area contributed by atoms with Crippen molar-refractivity contribution in [2.45, 2.75) is 38.0 Å². The largest absolute Gasteiger partial charge is 0.412 e. The fraction of sp³-hybridized carbons (Fsp3) is 0.125. The molecule has 0 fully saturated rings. The van der Waals surface area contributed by atoms with E-state index in [0.29, 0.717) is 13.2 Å². The van der Waals surface area contributed by atoms with Crippen LogP contribution in [0, 0.1) is 72.1 Å². The third kappa shape index (κ3) is 15.0. The Labute approximate surface area is 408 Å². The van der Waals surface area contributed by atoms with Crippen molar-refractivity contribution in [1.82, 2.24) is 0 Å². The predicted octanol–water partition coefficient (Wildman–Crippen LogP) is 12.1. The first-order chi connectivity index (χ1) is 33.2. The Morgan fingerprint density at radius 3 is 0.676 bits per heavy atom. The zero-order valence-electron chi connectivity index (χ0n) is 39.2. The molecule has 0 unspecified atom stereocenters. The topological polar surface area (TPSA) is 18.5 Å². The van der Waals surface area contributed by atoms with Crippen LogP contribution in [0.25, 0.3) is 0 Å². The Bertz CT molecular complexity index is 2760.